The fourth-order valence-electron chi connectivity index (χ4n) is 5.81. The summed E-state index contributed by atoms with van der Waals surface area (Å²) < 4.78 is 10.9. The Morgan fingerprint density at radius 1 is 0.744 bits per heavy atom. The monoisotopic (exact) mass is 615 g/mol. The van der Waals surface area contributed by atoms with E-state index in [4.69, 9.17) is 9.47 Å². The van der Waals surface area contributed by atoms with Gasteiger partial charge in [0.2, 0.25) is 5.91 Å². The number of ether oxygens (including phenoxy) is 2. The number of hydrogen-bond donors (Lipinski definition) is 5. The molecule has 43 heavy (non-hydrogen) atoms. The van der Waals surface area contributed by atoms with Gasteiger partial charge in [-0.2, -0.15) is 0 Å². The molecule has 0 radical (unpaired) electrons. The highest BCUT2D eigenvalue weighted by molar-refractivity contribution is 5.77. The van der Waals surface area contributed by atoms with Crippen LogP contribution in [0.4, 0.5) is 0 Å². The van der Waals surface area contributed by atoms with Gasteiger partial charge in [-0.1, -0.05) is 129 Å². The number of nitrogens with one attached hydrogen (secondary N) is 1. The maximum atomic E-state index is 12.9. The van der Waals surface area contributed by atoms with E-state index < -0.39 is 49.3 Å². The Hall–Kier alpha value is -1.26. The summed E-state index contributed by atoms with van der Waals surface area (Å²) in [6, 6.07) is -1.09. The van der Waals surface area contributed by atoms with Gasteiger partial charge in [-0.3, -0.25) is 9.59 Å². The van der Waals surface area contributed by atoms with Crippen LogP contribution in [-0.2, 0) is 19.1 Å². The lowest BCUT2D eigenvalue weighted by Gasteiger charge is -2.25. The van der Waals surface area contributed by atoms with Gasteiger partial charge in [-0.15, -0.1) is 0 Å². The van der Waals surface area contributed by atoms with E-state index in [9.17, 15) is 30.0 Å². The van der Waals surface area contributed by atoms with E-state index in [0.29, 0.717) is 12.8 Å². The van der Waals surface area contributed by atoms with Gasteiger partial charge >= 0.3 is 5.97 Å². The van der Waals surface area contributed by atoms with Gasteiger partial charge < -0.3 is 35.2 Å². The Morgan fingerprint density at radius 2 is 1.21 bits per heavy atom. The van der Waals surface area contributed by atoms with Crippen molar-refractivity contribution in [2.24, 2.45) is 0 Å². The number of esters is 1. The summed E-state index contributed by atoms with van der Waals surface area (Å²) in [4.78, 5) is 25.6. The summed E-state index contributed by atoms with van der Waals surface area (Å²) >= 11 is 0. The maximum Gasteiger partial charge on any atom is 0.306 e. The Bertz CT molecular complexity index is 693. The van der Waals surface area contributed by atoms with Crippen molar-refractivity contribution in [2.45, 2.75) is 198 Å². The zero-order valence-corrected chi connectivity index (χ0v) is 27.4. The first-order chi connectivity index (χ1) is 20.8. The standard InChI is InChI=1S/C34H65NO8/c1-3-5-7-9-11-13-14-16-18-20-22-24-30(39)42-27(23-21-19-17-15-12-10-8-6-4-2)25-29(38)35-31-32(40)34(41)43-33(31)28(37)26-36/h27-28,31-34,36-37,40-41H,3-26H2,1-2H3,(H,35,38)/t27?,28-,31+,32-,33-,34?/m1/s1. The molecule has 0 bridgehead atoms. The molecule has 0 aliphatic carbocycles. The third kappa shape index (κ3) is 19.0. The summed E-state index contributed by atoms with van der Waals surface area (Å²) in [5.41, 5.74) is 0. The number of amides is 1. The SMILES string of the molecule is CCCCCCCCCCCCCC(=O)OC(CCCCCCCCCCC)CC(=O)N[C@@H]1[C@@H]([C@H](O)CO)OC(O)[C@@H]1O. The van der Waals surface area contributed by atoms with Crippen molar-refractivity contribution < 1.29 is 39.5 Å². The molecule has 254 valence electrons. The van der Waals surface area contributed by atoms with Crippen LogP contribution >= 0.6 is 0 Å². The molecule has 0 aromatic rings. The quantitative estimate of drug-likeness (QED) is 0.0546. The van der Waals surface area contributed by atoms with Crippen LogP contribution in [0.15, 0.2) is 0 Å². The first-order valence-corrected chi connectivity index (χ1v) is 17.6. The summed E-state index contributed by atoms with van der Waals surface area (Å²) in [5, 5.41) is 42.0. The van der Waals surface area contributed by atoms with Crippen molar-refractivity contribution in [3.05, 3.63) is 0 Å². The van der Waals surface area contributed by atoms with Crippen LogP contribution in [0.2, 0.25) is 0 Å². The molecule has 1 amide bonds. The molecule has 0 spiro atoms. The van der Waals surface area contributed by atoms with Crippen molar-refractivity contribution in [1.29, 1.82) is 0 Å². The first kappa shape index (κ1) is 39.8. The summed E-state index contributed by atoms with van der Waals surface area (Å²) in [6.45, 7) is 3.80. The molecule has 9 nitrogen and oxygen atoms in total. The molecule has 9 heteroatoms. The van der Waals surface area contributed by atoms with E-state index in [1.807, 2.05) is 0 Å². The largest absolute Gasteiger partial charge is 0.462 e. The van der Waals surface area contributed by atoms with Crippen molar-refractivity contribution in [1.82, 2.24) is 5.32 Å². The van der Waals surface area contributed by atoms with Crippen LogP contribution in [0, 0.1) is 0 Å². The molecule has 6 atom stereocenters. The second-order valence-corrected chi connectivity index (χ2v) is 12.5. The average molecular weight is 616 g/mol. The smallest absolute Gasteiger partial charge is 0.306 e. The maximum absolute atomic E-state index is 12.9. The predicted molar refractivity (Wildman–Crippen MR) is 169 cm³/mol. The molecule has 1 rings (SSSR count). The lowest BCUT2D eigenvalue weighted by Crippen LogP contribution is -2.52. The third-order valence-corrected chi connectivity index (χ3v) is 8.53. The van der Waals surface area contributed by atoms with E-state index in [-0.39, 0.29) is 12.4 Å². The minimum absolute atomic E-state index is 0.0811. The zero-order valence-electron chi connectivity index (χ0n) is 27.4. The normalized spacial score (nSPS) is 21.5. The molecule has 2 unspecified atom stereocenters. The number of aliphatic hydroxyl groups is 4. The zero-order chi connectivity index (χ0) is 31.7. The van der Waals surface area contributed by atoms with E-state index in [1.165, 1.54) is 89.9 Å². The van der Waals surface area contributed by atoms with E-state index in [1.54, 1.807) is 0 Å². The molecule has 0 aromatic carbocycles. The Kier molecular flexibility index (Phi) is 24.0. The van der Waals surface area contributed by atoms with E-state index in [2.05, 4.69) is 19.2 Å². The van der Waals surface area contributed by atoms with Crippen LogP contribution in [0.25, 0.3) is 0 Å². The molecule has 1 heterocycles. The van der Waals surface area contributed by atoms with Crippen LogP contribution in [-0.4, -0.2) is 75.7 Å². The molecule has 1 aliphatic heterocycles. The number of carbonyl (C=O) groups excluding carboxylic acids is 2. The fraction of sp³-hybridized carbons (Fsp3) is 0.941. The van der Waals surface area contributed by atoms with Crippen molar-refractivity contribution in [3.8, 4) is 0 Å². The summed E-state index contributed by atoms with van der Waals surface area (Å²) in [7, 11) is 0. The Balaban J connectivity index is 2.47. The highest BCUT2D eigenvalue weighted by atomic mass is 16.6. The molecule has 0 saturated carbocycles. The highest BCUT2D eigenvalue weighted by Crippen LogP contribution is 2.23. The Labute approximate surface area is 261 Å². The topological polar surface area (TPSA) is 146 Å². The van der Waals surface area contributed by atoms with Gasteiger partial charge in [0.25, 0.3) is 0 Å². The second kappa shape index (κ2) is 26.0. The van der Waals surface area contributed by atoms with Crippen molar-refractivity contribution >= 4 is 11.9 Å². The predicted octanol–water partition coefficient (Wildman–Crippen LogP) is 5.83. The molecule has 1 fully saturated rings. The molecule has 5 N–H and O–H groups in total. The number of aliphatic hydroxyl groups excluding tert-OH is 4. The van der Waals surface area contributed by atoms with Crippen LogP contribution in [0.5, 0.6) is 0 Å². The fourth-order valence-corrected chi connectivity index (χ4v) is 5.81. The number of hydrogen-bond acceptors (Lipinski definition) is 8. The van der Waals surface area contributed by atoms with Crippen molar-refractivity contribution in [2.75, 3.05) is 6.61 Å². The van der Waals surface area contributed by atoms with Gasteiger partial charge in [-0.05, 0) is 19.3 Å². The third-order valence-electron chi connectivity index (χ3n) is 8.53. The van der Waals surface area contributed by atoms with Crippen LogP contribution < -0.4 is 5.32 Å². The minimum Gasteiger partial charge on any atom is -0.462 e. The van der Waals surface area contributed by atoms with E-state index >= 15 is 0 Å². The van der Waals surface area contributed by atoms with Gasteiger partial charge in [0.1, 0.15) is 24.4 Å². The van der Waals surface area contributed by atoms with Crippen LogP contribution in [0.3, 0.4) is 0 Å². The summed E-state index contributed by atoms with van der Waals surface area (Å²) in [6.07, 6.45) is 18.4. The van der Waals surface area contributed by atoms with Gasteiger partial charge in [0, 0.05) is 6.42 Å². The Morgan fingerprint density at radius 3 is 1.70 bits per heavy atom. The average Bonchev–Trinajstić information content (AvgIpc) is 3.26. The lowest BCUT2D eigenvalue weighted by atomic mass is 10.0. The molecular formula is C34H65NO8. The second-order valence-electron chi connectivity index (χ2n) is 12.5. The number of rotatable bonds is 28. The highest BCUT2D eigenvalue weighted by Gasteiger charge is 2.46. The van der Waals surface area contributed by atoms with Gasteiger partial charge in [0.15, 0.2) is 6.29 Å². The number of carbonyl (C=O) groups is 2. The lowest BCUT2D eigenvalue weighted by molar-refractivity contribution is -0.151. The van der Waals surface area contributed by atoms with E-state index in [0.717, 1.165) is 38.5 Å². The van der Waals surface area contributed by atoms with Gasteiger partial charge in [-0.25, -0.2) is 0 Å². The van der Waals surface area contributed by atoms with Crippen molar-refractivity contribution in [3.63, 3.8) is 0 Å². The number of unbranched alkanes of at least 4 members (excludes halogenated alkanes) is 18. The molecular weight excluding hydrogens is 550 g/mol. The molecule has 0 aromatic heterocycles. The van der Waals surface area contributed by atoms with Crippen LogP contribution in [0.1, 0.15) is 162 Å². The molecule has 1 aliphatic rings. The minimum atomic E-state index is -1.59. The van der Waals surface area contributed by atoms with Gasteiger partial charge in [0.05, 0.1) is 19.1 Å². The summed E-state index contributed by atoms with van der Waals surface area (Å²) in [5.74, 6) is -0.766. The molecule has 1 saturated heterocycles. The first-order valence-electron chi connectivity index (χ1n) is 17.6.